The Labute approximate surface area is 329 Å². The topological polar surface area (TPSA) is 38.5 Å². The molecule has 7 heteroatoms. The fourth-order valence-corrected chi connectivity index (χ4v) is 7.70. The number of aryl methyl sites for hydroxylation is 1. The van der Waals surface area contributed by atoms with Gasteiger partial charge in [-0.05, 0) is 47.2 Å². The van der Waals surface area contributed by atoms with Crippen molar-refractivity contribution in [3.63, 3.8) is 0 Å². The number of benzene rings is 6. The fraction of sp³-hybridized carbons (Fsp3) is 0.106. The van der Waals surface area contributed by atoms with Gasteiger partial charge in [0.25, 0.3) is 0 Å². The molecule has 0 spiro atoms. The third-order valence-electron chi connectivity index (χ3n) is 10.4. The molecule has 0 saturated heterocycles. The van der Waals surface area contributed by atoms with Crippen molar-refractivity contribution in [1.29, 1.82) is 0 Å². The van der Waals surface area contributed by atoms with Crippen molar-refractivity contribution in [2.75, 3.05) is 9.80 Å². The largest absolute Gasteiger partial charge is 0.509 e. The van der Waals surface area contributed by atoms with Crippen molar-refractivity contribution >= 4 is 66.4 Å². The average Bonchev–Trinajstić information content (AvgIpc) is 3.82. The number of hydrogen-bond acceptors (Lipinski definition) is 4. The Balaban J connectivity index is 0.00000384. The summed E-state index contributed by atoms with van der Waals surface area (Å²) < 4.78 is 11.2. The number of anilines is 4. The van der Waals surface area contributed by atoms with Crippen molar-refractivity contribution in [1.82, 2.24) is 14.1 Å². The maximum atomic E-state index is 6.73. The number of ether oxygens (including phenoxy) is 1. The van der Waals surface area contributed by atoms with Crippen LogP contribution in [0.1, 0.15) is 26.3 Å². The summed E-state index contributed by atoms with van der Waals surface area (Å²) in [7, 11) is 2.12. The predicted molar refractivity (Wildman–Crippen MR) is 217 cm³/mol. The average molecular weight is 882 g/mol. The van der Waals surface area contributed by atoms with E-state index in [2.05, 4.69) is 187 Å². The number of rotatable bonds is 5. The summed E-state index contributed by atoms with van der Waals surface area (Å²) in [6, 6.07) is 53.7. The molecule has 0 fully saturated rings. The summed E-state index contributed by atoms with van der Waals surface area (Å²) in [5.41, 5.74) is 9.48. The number of fused-ring (bicyclic) bond motifs is 7. The van der Waals surface area contributed by atoms with E-state index >= 15 is 0 Å². The molecule has 54 heavy (non-hydrogen) atoms. The van der Waals surface area contributed by atoms with Gasteiger partial charge in [0.15, 0.2) is 0 Å². The van der Waals surface area contributed by atoms with Crippen molar-refractivity contribution in [3.8, 4) is 17.3 Å². The molecule has 1 aliphatic heterocycles. The molecule has 0 atom stereocenters. The quantitative estimate of drug-likeness (QED) is 0.161. The monoisotopic (exact) mass is 881 g/mol. The molecule has 4 heterocycles. The molecule has 268 valence electrons. The van der Waals surface area contributed by atoms with E-state index in [1.54, 1.807) is 0 Å². The zero-order valence-corrected chi connectivity index (χ0v) is 32.6. The second-order valence-corrected chi connectivity index (χ2v) is 14.7. The van der Waals surface area contributed by atoms with Crippen molar-refractivity contribution in [2.24, 2.45) is 7.05 Å². The van der Waals surface area contributed by atoms with Gasteiger partial charge in [-0.1, -0.05) is 93.0 Å². The normalized spacial score (nSPS) is 12.9. The number of aromatic nitrogens is 3. The molecule has 10 rings (SSSR count). The van der Waals surface area contributed by atoms with E-state index in [9.17, 15) is 0 Å². The molecule has 0 amide bonds. The number of pyridine rings is 1. The third-order valence-corrected chi connectivity index (χ3v) is 10.4. The Morgan fingerprint density at radius 3 is 2.04 bits per heavy atom. The van der Waals surface area contributed by atoms with Crippen LogP contribution in [0.4, 0.5) is 22.7 Å². The Morgan fingerprint density at radius 1 is 0.611 bits per heavy atom. The summed E-state index contributed by atoms with van der Waals surface area (Å²) in [6.45, 7) is 8.82. The first-order valence-electron chi connectivity index (χ1n) is 17.9. The molecule has 9 aromatic rings. The summed E-state index contributed by atoms with van der Waals surface area (Å²) in [5, 5.41) is 4.56. The third kappa shape index (κ3) is 5.47. The van der Waals surface area contributed by atoms with Gasteiger partial charge in [-0.15, -0.1) is 53.6 Å². The second-order valence-electron chi connectivity index (χ2n) is 14.7. The molecule has 0 N–H and O–H groups in total. The van der Waals surface area contributed by atoms with Crippen molar-refractivity contribution < 1.29 is 25.8 Å². The van der Waals surface area contributed by atoms with Gasteiger partial charge in [-0.2, -0.15) is 6.07 Å². The van der Waals surface area contributed by atoms with Gasteiger partial charge in [0.05, 0.1) is 5.52 Å². The molecule has 6 nitrogen and oxygen atoms in total. The summed E-state index contributed by atoms with van der Waals surface area (Å²) in [4.78, 5) is 9.46. The van der Waals surface area contributed by atoms with Crippen LogP contribution in [-0.4, -0.2) is 14.1 Å². The molecule has 0 bridgehead atoms. The van der Waals surface area contributed by atoms with E-state index in [1.807, 2.05) is 18.3 Å². The van der Waals surface area contributed by atoms with Gasteiger partial charge in [0, 0.05) is 90.7 Å². The van der Waals surface area contributed by atoms with Crippen LogP contribution in [0.25, 0.3) is 49.4 Å². The molecular weight excluding hydrogens is 846 g/mol. The van der Waals surface area contributed by atoms with E-state index in [4.69, 9.17) is 9.72 Å². The SMILES string of the molecule is Cn1c2ccccc2c2cnc(-n3c4[c-]c(Oc5[c-]c(N6[CH-]N(c7ccccc7)c7ccccc76)cc(C(C)(C)C)c5)ccc4c4ccccc43)cc21.[Pt]. The van der Waals surface area contributed by atoms with Gasteiger partial charge in [-0.25, -0.2) is 4.98 Å². The van der Waals surface area contributed by atoms with Gasteiger partial charge >= 0.3 is 0 Å². The van der Waals surface area contributed by atoms with Crippen LogP contribution in [0.5, 0.6) is 11.5 Å². The minimum Gasteiger partial charge on any atom is -0.509 e. The van der Waals surface area contributed by atoms with E-state index < -0.39 is 0 Å². The maximum absolute atomic E-state index is 6.73. The minimum atomic E-state index is -0.132. The van der Waals surface area contributed by atoms with Crippen LogP contribution >= 0.6 is 0 Å². The standard InChI is InChI=1S/C47H36N5O.Pt/c1-47(2,3)31-24-33(51-30-50(32-14-6-5-7-15-32)42-20-12-13-21-43(42)51)26-35(25-31)53-34-22-23-38-36-16-9-11-19-41(36)52(45(38)27-34)46-28-44-39(29-48-46)37-17-8-10-18-40(37)49(44)4;/h5-25,28-30H,1-4H3;/q-3;. The molecule has 3 aromatic heterocycles. The predicted octanol–water partition coefficient (Wildman–Crippen LogP) is 11.9. The Kier molecular flexibility index (Phi) is 8.13. The van der Waals surface area contributed by atoms with Crippen LogP contribution in [0.3, 0.4) is 0 Å². The molecule has 1 aliphatic rings. The molecule has 0 saturated carbocycles. The number of nitrogens with zero attached hydrogens (tertiary/aromatic N) is 5. The first kappa shape index (κ1) is 34.0. The van der Waals surface area contributed by atoms with Gasteiger partial charge in [0.1, 0.15) is 5.82 Å². The maximum Gasteiger partial charge on any atom is 0.137 e. The zero-order valence-electron chi connectivity index (χ0n) is 30.3. The Bertz CT molecular complexity index is 2870. The number of para-hydroxylation sites is 5. The smallest absolute Gasteiger partial charge is 0.137 e. The summed E-state index contributed by atoms with van der Waals surface area (Å²) >= 11 is 0. The van der Waals surface area contributed by atoms with Gasteiger partial charge in [-0.3, -0.25) is 0 Å². The zero-order chi connectivity index (χ0) is 35.8. The van der Waals surface area contributed by atoms with Crippen LogP contribution in [0.2, 0.25) is 0 Å². The first-order valence-corrected chi connectivity index (χ1v) is 17.9. The Morgan fingerprint density at radius 2 is 1.28 bits per heavy atom. The van der Waals surface area contributed by atoms with Gasteiger partial charge in [0.2, 0.25) is 0 Å². The fourth-order valence-electron chi connectivity index (χ4n) is 7.70. The van der Waals surface area contributed by atoms with Gasteiger partial charge < -0.3 is 23.7 Å². The molecule has 6 aromatic carbocycles. The molecular formula is C47H36N5OPt-3. The van der Waals surface area contributed by atoms with E-state index in [1.165, 1.54) is 10.9 Å². The second kappa shape index (κ2) is 12.9. The Hall–Kier alpha value is -5.84. The van der Waals surface area contributed by atoms with Crippen molar-refractivity contribution in [2.45, 2.75) is 26.2 Å². The van der Waals surface area contributed by atoms with E-state index in [0.29, 0.717) is 11.5 Å². The molecule has 0 aliphatic carbocycles. The number of hydrogen-bond donors (Lipinski definition) is 0. The van der Waals surface area contributed by atoms with E-state index in [0.717, 1.165) is 66.8 Å². The van der Waals surface area contributed by atoms with Crippen LogP contribution < -0.4 is 14.5 Å². The summed E-state index contributed by atoms with van der Waals surface area (Å²) in [6.07, 6.45) is 1.99. The summed E-state index contributed by atoms with van der Waals surface area (Å²) in [5.74, 6) is 2.07. The van der Waals surface area contributed by atoms with Crippen LogP contribution in [0, 0.1) is 18.8 Å². The van der Waals surface area contributed by atoms with Crippen LogP contribution in [0.15, 0.2) is 140 Å². The van der Waals surface area contributed by atoms with Crippen molar-refractivity contribution in [3.05, 3.63) is 164 Å². The van der Waals surface area contributed by atoms with E-state index in [-0.39, 0.29) is 26.5 Å². The molecule has 0 radical (unpaired) electrons. The minimum absolute atomic E-state index is 0. The molecule has 0 unspecified atom stereocenters. The first-order chi connectivity index (χ1) is 25.8. The van der Waals surface area contributed by atoms with Crippen LogP contribution in [-0.2, 0) is 33.5 Å².